The summed E-state index contributed by atoms with van der Waals surface area (Å²) in [5.41, 5.74) is 4.20. The van der Waals surface area contributed by atoms with Crippen molar-refractivity contribution < 1.29 is 0 Å². The van der Waals surface area contributed by atoms with Crippen molar-refractivity contribution in [3.63, 3.8) is 0 Å². The third kappa shape index (κ3) is 5.84. The highest BCUT2D eigenvalue weighted by Crippen LogP contribution is 2.19. The van der Waals surface area contributed by atoms with E-state index in [1.54, 1.807) is 6.20 Å². The summed E-state index contributed by atoms with van der Waals surface area (Å²) >= 11 is 0. The van der Waals surface area contributed by atoms with Gasteiger partial charge in [0.2, 0.25) is 5.95 Å². The highest BCUT2D eigenvalue weighted by molar-refractivity contribution is 5.61. The summed E-state index contributed by atoms with van der Waals surface area (Å²) in [6.45, 7) is 10.1. The molecule has 0 aliphatic heterocycles. The van der Waals surface area contributed by atoms with E-state index in [1.165, 1.54) is 5.56 Å². The smallest absolute Gasteiger partial charge is 0.227 e. The monoisotopic (exact) mass is 321 g/mol. The molecule has 0 spiro atoms. The van der Waals surface area contributed by atoms with Gasteiger partial charge in [-0.05, 0) is 30.7 Å². The predicted octanol–water partition coefficient (Wildman–Crippen LogP) is 6.25. The number of rotatable bonds is 3. The first-order chi connectivity index (χ1) is 11.8. The first-order valence-corrected chi connectivity index (χ1v) is 8.53. The molecule has 0 saturated carbocycles. The Morgan fingerprint density at radius 1 is 0.792 bits per heavy atom. The van der Waals surface area contributed by atoms with E-state index in [1.807, 2.05) is 76.2 Å². The summed E-state index contributed by atoms with van der Waals surface area (Å²) < 4.78 is 0. The van der Waals surface area contributed by atoms with Crippen LogP contribution in [0, 0.1) is 6.92 Å². The first-order valence-electron chi connectivity index (χ1n) is 8.53. The van der Waals surface area contributed by atoms with Crippen molar-refractivity contribution in [1.82, 2.24) is 9.97 Å². The molecule has 3 aromatic rings. The van der Waals surface area contributed by atoms with Gasteiger partial charge in [-0.3, -0.25) is 0 Å². The average molecular weight is 321 g/mol. The maximum atomic E-state index is 4.55. The summed E-state index contributed by atoms with van der Waals surface area (Å²) in [5.74, 6) is 0.608. The highest BCUT2D eigenvalue weighted by Gasteiger charge is 2.02. The standard InChI is InChI=1S/C17H15N3.2C2H6/c1-13-6-5-9-15(12-13)19-17-18-11-10-16(20-17)14-7-3-2-4-8-14;2*1-2/h2-12H,1H3,(H,18,19,20);2*1-2H3. The quantitative estimate of drug-likeness (QED) is 0.619. The van der Waals surface area contributed by atoms with Crippen molar-refractivity contribution in [1.29, 1.82) is 0 Å². The topological polar surface area (TPSA) is 37.8 Å². The lowest BCUT2D eigenvalue weighted by Gasteiger charge is -2.07. The zero-order chi connectivity index (χ0) is 17.8. The molecule has 0 unspecified atom stereocenters. The van der Waals surface area contributed by atoms with Gasteiger partial charge in [0.1, 0.15) is 0 Å². The molecular weight excluding hydrogens is 294 g/mol. The molecule has 126 valence electrons. The van der Waals surface area contributed by atoms with Crippen LogP contribution >= 0.6 is 0 Å². The van der Waals surface area contributed by atoms with Gasteiger partial charge >= 0.3 is 0 Å². The molecule has 1 heterocycles. The van der Waals surface area contributed by atoms with Gasteiger partial charge in [0, 0.05) is 17.4 Å². The Labute approximate surface area is 145 Å². The Hall–Kier alpha value is -2.68. The van der Waals surface area contributed by atoms with Crippen LogP contribution in [0.25, 0.3) is 11.3 Å². The van der Waals surface area contributed by atoms with Crippen LogP contribution in [-0.4, -0.2) is 9.97 Å². The molecule has 0 saturated heterocycles. The van der Waals surface area contributed by atoms with Crippen LogP contribution in [0.3, 0.4) is 0 Å². The second-order valence-electron chi connectivity index (χ2n) is 4.63. The lowest BCUT2D eigenvalue weighted by molar-refractivity contribution is 1.17. The lowest BCUT2D eigenvalue weighted by Crippen LogP contribution is -1.97. The van der Waals surface area contributed by atoms with Crippen molar-refractivity contribution in [3.05, 3.63) is 72.4 Å². The van der Waals surface area contributed by atoms with Crippen LogP contribution in [0.15, 0.2) is 66.9 Å². The molecule has 0 aliphatic carbocycles. The molecule has 3 rings (SSSR count). The van der Waals surface area contributed by atoms with Gasteiger partial charge in [0.05, 0.1) is 5.69 Å². The van der Waals surface area contributed by atoms with Crippen molar-refractivity contribution in [2.75, 3.05) is 5.32 Å². The second-order valence-corrected chi connectivity index (χ2v) is 4.63. The number of anilines is 2. The van der Waals surface area contributed by atoms with E-state index >= 15 is 0 Å². The van der Waals surface area contributed by atoms with E-state index < -0.39 is 0 Å². The third-order valence-electron chi connectivity index (χ3n) is 3.00. The fourth-order valence-corrected chi connectivity index (χ4v) is 2.04. The van der Waals surface area contributed by atoms with Gasteiger partial charge in [-0.1, -0.05) is 70.2 Å². The van der Waals surface area contributed by atoms with Gasteiger partial charge in [0.25, 0.3) is 0 Å². The van der Waals surface area contributed by atoms with Crippen molar-refractivity contribution >= 4 is 11.6 Å². The van der Waals surface area contributed by atoms with Gasteiger partial charge < -0.3 is 5.32 Å². The van der Waals surface area contributed by atoms with Gasteiger partial charge in [-0.2, -0.15) is 0 Å². The minimum absolute atomic E-state index is 0.608. The minimum atomic E-state index is 0.608. The summed E-state index contributed by atoms with van der Waals surface area (Å²) in [5, 5.41) is 3.23. The minimum Gasteiger partial charge on any atom is -0.324 e. The number of nitrogens with one attached hydrogen (secondary N) is 1. The number of aryl methyl sites for hydroxylation is 1. The molecule has 3 nitrogen and oxygen atoms in total. The van der Waals surface area contributed by atoms with Crippen LogP contribution < -0.4 is 5.32 Å². The zero-order valence-corrected chi connectivity index (χ0v) is 15.2. The molecule has 1 N–H and O–H groups in total. The molecular formula is C21H27N3. The Morgan fingerprint density at radius 2 is 1.50 bits per heavy atom. The van der Waals surface area contributed by atoms with E-state index in [0.717, 1.165) is 16.9 Å². The van der Waals surface area contributed by atoms with E-state index in [4.69, 9.17) is 0 Å². The molecule has 2 aromatic carbocycles. The lowest BCUT2D eigenvalue weighted by atomic mass is 10.1. The van der Waals surface area contributed by atoms with Gasteiger partial charge in [-0.15, -0.1) is 0 Å². The van der Waals surface area contributed by atoms with Crippen molar-refractivity contribution in [3.8, 4) is 11.3 Å². The first kappa shape index (κ1) is 19.4. The summed E-state index contributed by atoms with van der Waals surface area (Å²) in [7, 11) is 0. The SMILES string of the molecule is CC.CC.Cc1cccc(Nc2nccc(-c3ccccc3)n2)c1. The molecule has 1 aromatic heterocycles. The Balaban J connectivity index is 0.000000671. The molecule has 0 aliphatic rings. The normalized spacial score (nSPS) is 9.04. The summed E-state index contributed by atoms with van der Waals surface area (Å²) in [6.07, 6.45) is 1.77. The molecule has 0 amide bonds. The fourth-order valence-electron chi connectivity index (χ4n) is 2.04. The van der Waals surface area contributed by atoms with Gasteiger partial charge in [-0.25, -0.2) is 9.97 Å². The van der Waals surface area contributed by atoms with Crippen molar-refractivity contribution in [2.45, 2.75) is 34.6 Å². The van der Waals surface area contributed by atoms with Gasteiger partial charge in [0.15, 0.2) is 0 Å². The average Bonchev–Trinajstić information content (AvgIpc) is 2.66. The van der Waals surface area contributed by atoms with E-state index in [0.29, 0.717) is 5.95 Å². The van der Waals surface area contributed by atoms with Crippen molar-refractivity contribution in [2.24, 2.45) is 0 Å². The number of hydrogen-bond acceptors (Lipinski definition) is 3. The number of nitrogens with zero attached hydrogens (tertiary/aromatic N) is 2. The van der Waals surface area contributed by atoms with Crippen LogP contribution in [0.1, 0.15) is 33.3 Å². The summed E-state index contributed by atoms with van der Waals surface area (Å²) in [6, 6.07) is 20.1. The fraction of sp³-hybridized carbons (Fsp3) is 0.238. The van der Waals surface area contributed by atoms with E-state index in [9.17, 15) is 0 Å². The number of hydrogen-bond donors (Lipinski definition) is 1. The molecule has 0 atom stereocenters. The summed E-state index contributed by atoms with van der Waals surface area (Å²) in [4.78, 5) is 8.81. The second kappa shape index (κ2) is 10.9. The van der Waals surface area contributed by atoms with Crippen LogP contribution in [0.5, 0.6) is 0 Å². The molecule has 0 fully saturated rings. The maximum absolute atomic E-state index is 4.55. The van der Waals surface area contributed by atoms with E-state index in [2.05, 4.69) is 34.3 Å². The van der Waals surface area contributed by atoms with Crippen LogP contribution in [0.4, 0.5) is 11.6 Å². The number of aromatic nitrogens is 2. The predicted molar refractivity (Wildman–Crippen MR) is 105 cm³/mol. The largest absolute Gasteiger partial charge is 0.324 e. The Morgan fingerprint density at radius 3 is 2.17 bits per heavy atom. The number of benzene rings is 2. The molecule has 3 heteroatoms. The maximum Gasteiger partial charge on any atom is 0.227 e. The molecule has 24 heavy (non-hydrogen) atoms. The zero-order valence-electron chi connectivity index (χ0n) is 15.2. The highest BCUT2D eigenvalue weighted by atomic mass is 15.1. The van der Waals surface area contributed by atoms with E-state index in [-0.39, 0.29) is 0 Å². The molecule has 0 radical (unpaired) electrons. The van der Waals surface area contributed by atoms with Crippen LogP contribution in [-0.2, 0) is 0 Å². The van der Waals surface area contributed by atoms with Crippen LogP contribution in [0.2, 0.25) is 0 Å². The Bertz CT molecular complexity index is 709. The third-order valence-corrected chi connectivity index (χ3v) is 3.00. The Kier molecular flexibility index (Phi) is 8.84. The molecule has 0 bridgehead atoms.